The molecular weight excluding hydrogens is 298 g/mol. The highest BCUT2D eigenvalue weighted by Crippen LogP contribution is 2.26. The molecule has 2 rings (SSSR count). The molecule has 2 aromatic heterocycles. The zero-order chi connectivity index (χ0) is 14.9. The number of aryl methyl sites for hydroxylation is 2. The average molecular weight is 315 g/mol. The highest BCUT2D eigenvalue weighted by molar-refractivity contribution is 7.91. The summed E-state index contributed by atoms with van der Waals surface area (Å²) in [5, 5.41) is 9.00. The highest BCUT2D eigenvalue weighted by atomic mass is 32.2. The van der Waals surface area contributed by atoms with Crippen molar-refractivity contribution in [3.8, 4) is 0 Å². The number of aliphatic hydroxyl groups is 1. The van der Waals surface area contributed by atoms with E-state index in [-0.39, 0.29) is 16.9 Å². The van der Waals surface area contributed by atoms with Crippen LogP contribution < -0.4 is 4.72 Å². The normalized spacial score (nSPS) is 13.6. The minimum absolute atomic E-state index is 0.157. The van der Waals surface area contributed by atoms with Crippen LogP contribution in [0.5, 0.6) is 0 Å². The first-order valence-corrected chi connectivity index (χ1v) is 8.42. The van der Waals surface area contributed by atoms with Crippen molar-refractivity contribution >= 4 is 21.4 Å². The Morgan fingerprint density at radius 1 is 1.40 bits per heavy atom. The number of rotatable bonds is 5. The summed E-state index contributed by atoms with van der Waals surface area (Å²) in [5.41, 5.74) is 0.824. The number of aliphatic hydroxyl groups excluding tert-OH is 1. The van der Waals surface area contributed by atoms with Crippen LogP contribution in [0.3, 0.4) is 0 Å². The Labute approximate surface area is 122 Å². The van der Waals surface area contributed by atoms with Crippen LogP contribution in [-0.2, 0) is 16.6 Å². The van der Waals surface area contributed by atoms with Gasteiger partial charge < -0.3 is 9.52 Å². The van der Waals surface area contributed by atoms with Gasteiger partial charge in [-0.3, -0.25) is 0 Å². The maximum absolute atomic E-state index is 12.3. The summed E-state index contributed by atoms with van der Waals surface area (Å²) >= 11 is 1.06. The summed E-state index contributed by atoms with van der Waals surface area (Å²) in [6.07, 6.45) is 0. The topological polar surface area (TPSA) is 79.5 Å². The van der Waals surface area contributed by atoms with E-state index in [0.29, 0.717) is 10.6 Å². The smallest absolute Gasteiger partial charge is 0.250 e. The summed E-state index contributed by atoms with van der Waals surface area (Å²) in [6, 6.07) is 4.56. The van der Waals surface area contributed by atoms with E-state index in [2.05, 4.69) is 4.72 Å². The Morgan fingerprint density at radius 3 is 2.60 bits per heavy atom. The molecule has 0 aliphatic heterocycles. The summed E-state index contributed by atoms with van der Waals surface area (Å²) in [5.74, 6) is 1.46. The highest BCUT2D eigenvalue weighted by Gasteiger charge is 2.22. The molecule has 110 valence electrons. The van der Waals surface area contributed by atoms with Gasteiger partial charge in [0, 0.05) is 16.5 Å². The molecule has 20 heavy (non-hydrogen) atoms. The van der Waals surface area contributed by atoms with Crippen molar-refractivity contribution in [1.82, 2.24) is 4.72 Å². The van der Waals surface area contributed by atoms with Crippen LogP contribution >= 0.6 is 11.3 Å². The molecular formula is C13H17NO4S2. The Balaban J connectivity index is 2.21. The zero-order valence-corrected chi connectivity index (χ0v) is 13.1. The van der Waals surface area contributed by atoms with Crippen molar-refractivity contribution in [2.24, 2.45) is 0 Å². The first-order valence-electron chi connectivity index (χ1n) is 6.12. The Kier molecular flexibility index (Phi) is 4.33. The number of thiophene rings is 1. The minimum atomic E-state index is -3.59. The monoisotopic (exact) mass is 315 g/mol. The summed E-state index contributed by atoms with van der Waals surface area (Å²) in [7, 11) is -3.59. The van der Waals surface area contributed by atoms with E-state index >= 15 is 0 Å². The van der Waals surface area contributed by atoms with Gasteiger partial charge in [-0.05, 0) is 39.0 Å². The first-order chi connectivity index (χ1) is 9.33. The molecule has 0 bridgehead atoms. The standard InChI is InChI=1S/C13H17NO4S2/c1-8-6-12(10(3)18-8)9(2)14-20(16,17)13-5-4-11(7-15)19-13/h4-6,9,14-15H,7H2,1-3H3. The largest absolute Gasteiger partial charge is 0.466 e. The third-order valence-corrected chi connectivity index (χ3v) is 6.04. The van der Waals surface area contributed by atoms with Crippen LogP contribution in [0.15, 0.2) is 26.8 Å². The van der Waals surface area contributed by atoms with Gasteiger partial charge in [0.2, 0.25) is 0 Å². The lowest BCUT2D eigenvalue weighted by atomic mass is 10.1. The van der Waals surface area contributed by atoms with Gasteiger partial charge >= 0.3 is 0 Å². The van der Waals surface area contributed by atoms with Crippen molar-refractivity contribution in [1.29, 1.82) is 0 Å². The van der Waals surface area contributed by atoms with Crippen molar-refractivity contribution in [2.45, 2.75) is 37.6 Å². The molecule has 2 heterocycles. The number of furan rings is 1. The van der Waals surface area contributed by atoms with E-state index in [1.165, 1.54) is 6.07 Å². The van der Waals surface area contributed by atoms with Gasteiger partial charge in [0.25, 0.3) is 10.0 Å². The lowest BCUT2D eigenvalue weighted by Gasteiger charge is -2.12. The zero-order valence-electron chi connectivity index (χ0n) is 11.5. The van der Waals surface area contributed by atoms with E-state index in [0.717, 1.165) is 22.7 Å². The fraction of sp³-hybridized carbons (Fsp3) is 0.385. The molecule has 0 radical (unpaired) electrons. The number of nitrogens with one attached hydrogen (secondary N) is 1. The minimum Gasteiger partial charge on any atom is -0.466 e. The van der Waals surface area contributed by atoms with Crippen molar-refractivity contribution < 1.29 is 17.9 Å². The molecule has 0 fully saturated rings. The summed E-state index contributed by atoms with van der Waals surface area (Å²) in [4.78, 5) is 0.619. The third kappa shape index (κ3) is 3.12. The van der Waals surface area contributed by atoms with Crippen LogP contribution in [0.2, 0.25) is 0 Å². The molecule has 2 aromatic rings. The van der Waals surface area contributed by atoms with Gasteiger partial charge in [-0.25, -0.2) is 13.1 Å². The van der Waals surface area contributed by atoms with Crippen molar-refractivity contribution in [3.05, 3.63) is 40.2 Å². The second-order valence-corrected chi connectivity index (χ2v) is 7.70. The van der Waals surface area contributed by atoms with Gasteiger partial charge in [0.05, 0.1) is 6.61 Å². The molecule has 0 spiro atoms. The molecule has 1 atom stereocenters. The first kappa shape index (κ1) is 15.2. The predicted octanol–water partition coefficient (Wildman–Crippen LogP) is 2.49. The lowest BCUT2D eigenvalue weighted by molar-refractivity contribution is 0.285. The molecule has 0 amide bonds. The number of sulfonamides is 1. The maximum Gasteiger partial charge on any atom is 0.250 e. The van der Waals surface area contributed by atoms with E-state index in [1.54, 1.807) is 13.0 Å². The van der Waals surface area contributed by atoms with Crippen LogP contribution in [0, 0.1) is 13.8 Å². The molecule has 0 aliphatic rings. The number of hydrogen-bond acceptors (Lipinski definition) is 5. The van der Waals surface area contributed by atoms with Gasteiger partial charge in [-0.1, -0.05) is 0 Å². The maximum atomic E-state index is 12.3. The van der Waals surface area contributed by atoms with Crippen LogP contribution in [0.1, 0.15) is 34.9 Å². The summed E-state index contributed by atoms with van der Waals surface area (Å²) in [6.45, 7) is 5.25. The van der Waals surface area contributed by atoms with Gasteiger partial charge in [0.15, 0.2) is 0 Å². The Hall–Kier alpha value is -1.15. The molecule has 5 nitrogen and oxygen atoms in total. The second-order valence-electron chi connectivity index (χ2n) is 4.59. The third-order valence-electron chi connectivity index (χ3n) is 2.94. The van der Waals surface area contributed by atoms with Gasteiger partial charge in [-0.15, -0.1) is 11.3 Å². The molecule has 0 aromatic carbocycles. The Morgan fingerprint density at radius 2 is 2.10 bits per heavy atom. The fourth-order valence-electron chi connectivity index (χ4n) is 2.02. The van der Waals surface area contributed by atoms with Crippen LogP contribution in [-0.4, -0.2) is 13.5 Å². The van der Waals surface area contributed by atoms with Gasteiger partial charge in [-0.2, -0.15) is 0 Å². The van der Waals surface area contributed by atoms with E-state index < -0.39 is 10.0 Å². The second kappa shape index (κ2) is 5.69. The molecule has 0 aliphatic carbocycles. The molecule has 0 saturated carbocycles. The summed E-state index contributed by atoms with van der Waals surface area (Å²) < 4.78 is 32.7. The SMILES string of the molecule is Cc1cc(C(C)NS(=O)(=O)c2ccc(CO)s2)c(C)o1. The lowest BCUT2D eigenvalue weighted by Crippen LogP contribution is -2.26. The molecule has 7 heteroatoms. The number of hydrogen-bond donors (Lipinski definition) is 2. The Bertz CT molecular complexity index is 700. The quantitative estimate of drug-likeness (QED) is 0.888. The van der Waals surface area contributed by atoms with Crippen LogP contribution in [0.25, 0.3) is 0 Å². The van der Waals surface area contributed by atoms with Gasteiger partial charge in [0.1, 0.15) is 15.7 Å². The van der Waals surface area contributed by atoms with E-state index in [9.17, 15) is 8.42 Å². The molecule has 1 unspecified atom stereocenters. The predicted molar refractivity (Wildman–Crippen MR) is 77.2 cm³/mol. The molecule has 2 N–H and O–H groups in total. The van der Waals surface area contributed by atoms with E-state index in [1.807, 2.05) is 19.9 Å². The van der Waals surface area contributed by atoms with Crippen molar-refractivity contribution in [3.63, 3.8) is 0 Å². The fourth-order valence-corrected chi connectivity index (χ4v) is 4.48. The van der Waals surface area contributed by atoms with Crippen LogP contribution in [0.4, 0.5) is 0 Å². The average Bonchev–Trinajstić information content (AvgIpc) is 2.95. The van der Waals surface area contributed by atoms with E-state index in [4.69, 9.17) is 9.52 Å². The van der Waals surface area contributed by atoms with Crippen molar-refractivity contribution in [2.75, 3.05) is 0 Å². The molecule has 0 saturated heterocycles.